The van der Waals surface area contributed by atoms with Gasteiger partial charge in [-0.2, -0.15) is 5.10 Å². The van der Waals surface area contributed by atoms with Gasteiger partial charge in [0.2, 0.25) is 5.91 Å². The van der Waals surface area contributed by atoms with Crippen LogP contribution in [-0.4, -0.2) is 46.9 Å². The second-order valence-electron chi connectivity index (χ2n) is 6.10. The molecule has 0 bridgehead atoms. The number of amides is 1. The van der Waals surface area contributed by atoms with Crippen molar-refractivity contribution in [1.29, 1.82) is 0 Å². The van der Waals surface area contributed by atoms with Crippen LogP contribution in [0.3, 0.4) is 0 Å². The van der Waals surface area contributed by atoms with E-state index in [9.17, 15) is 14.9 Å². The summed E-state index contributed by atoms with van der Waals surface area (Å²) in [5, 5.41) is 18.1. The SMILES string of the molecule is Cc1nn(CC(=O)Nc2ccccc2N2CCOCC2)c(C)c1[N+](=O)[O-]. The topological polar surface area (TPSA) is 103 Å². The molecule has 3 rings (SSSR count). The molecule has 1 aliphatic rings. The van der Waals surface area contributed by atoms with Crippen molar-refractivity contribution in [1.82, 2.24) is 9.78 Å². The highest BCUT2D eigenvalue weighted by atomic mass is 16.6. The van der Waals surface area contributed by atoms with Gasteiger partial charge in [-0.05, 0) is 26.0 Å². The van der Waals surface area contributed by atoms with E-state index >= 15 is 0 Å². The van der Waals surface area contributed by atoms with Gasteiger partial charge >= 0.3 is 5.69 Å². The molecule has 1 amide bonds. The number of hydrogen-bond acceptors (Lipinski definition) is 6. The van der Waals surface area contributed by atoms with E-state index in [2.05, 4.69) is 15.3 Å². The fraction of sp³-hybridized carbons (Fsp3) is 0.412. The van der Waals surface area contributed by atoms with E-state index in [0.717, 1.165) is 18.8 Å². The number of morpholine rings is 1. The molecule has 1 aromatic heterocycles. The minimum atomic E-state index is -0.472. The first-order chi connectivity index (χ1) is 12.5. The van der Waals surface area contributed by atoms with Gasteiger partial charge in [0, 0.05) is 13.1 Å². The van der Waals surface area contributed by atoms with Gasteiger partial charge in [-0.25, -0.2) is 0 Å². The van der Waals surface area contributed by atoms with E-state index in [1.54, 1.807) is 13.8 Å². The van der Waals surface area contributed by atoms with Crippen molar-refractivity contribution in [2.24, 2.45) is 0 Å². The number of nitrogens with zero attached hydrogens (tertiary/aromatic N) is 4. The fourth-order valence-electron chi connectivity index (χ4n) is 3.09. The van der Waals surface area contributed by atoms with E-state index in [1.807, 2.05) is 24.3 Å². The van der Waals surface area contributed by atoms with Crippen LogP contribution in [0.2, 0.25) is 0 Å². The minimum Gasteiger partial charge on any atom is -0.378 e. The van der Waals surface area contributed by atoms with Crippen LogP contribution in [0.15, 0.2) is 24.3 Å². The van der Waals surface area contributed by atoms with Crippen molar-refractivity contribution in [2.75, 3.05) is 36.5 Å². The number of benzene rings is 1. The van der Waals surface area contributed by atoms with Crippen molar-refractivity contribution in [3.05, 3.63) is 45.8 Å². The molecule has 0 aliphatic carbocycles. The Morgan fingerprint density at radius 1 is 1.31 bits per heavy atom. The summed E-state index contributed by atoms with van der Waals surface area (Å²) in [6, 6.07) is 7.57. The minimum absolute atomic E-state index is 0.0495. The van der Waals surface area contributed by atoms with E-state index in [1.165, 1.54) is 4.68 Å². The molecule has 0 unspecified atom stereocenters. The van der Waals surface area contributed by atoms with Gasteiger partial charge in [-0.3, -0.25) is 19.6 Å². The van der Waals surface area contributed by atoms with Crippen molar-refractivity contribution in [3.8, 4) is 0 Å². The average Bonchev–Trinajstić information content (AvgIpc) is 2.89. The summed E-state index contributed by atoms with van der Waals surface area (Å²) in [7, 11) is 0. The normalized spacial score (nSPS) is 14.3. The molecule has 0 radical (unpaired) electrons. The third-order valence-corrected chi connectivity index (χ3v) is 4.35. The van der Waals surface area contributed by atoms with E-state index in [4.69, 9.17) is 4.74 Å². The monoisotopic (exact) mass is 359 g/mol. The first kappa shape index (κ1) is 17.9. The quantitative estimate of drug-likeness (QED) is 0.646. The van der Waals surface area contributed by atoms with Crippen molar-refractivity contribution < 1.29 is 14.5 Å². The summed E-state index contributed by atoms with van der Waals surface area (Å²) in [4.78, 5) is 25.3. The van der Waals surface area contributed by atoms with Crippen LogP contribution in [0.5, 0.6) is 0 Å². The van der Waals surface area contributed by atoms with Crippen LogP contribution in [0.25, 0.3) is 0 Å². The lowest BCUT2D eigenvalue weighted by Gasteiger charge is -2.30. The molecule has 1 aromatic carbocycles. The maximum Gasteiger partial charge on any atom is 0.312 e. The molecule has 1 N–H and O–H groups in total. The Kier molecular flexibility index (Phi) is 5.17. The number of rotatable bonds is 5. The Balaban J connectivity index is 1.75. The zero-order valence-electron chi connectivity index (χ0n) is 14.8. The largest absolute Gasteiger partial charge is 0.378 e. The number of hydrogen-bond donors (Lipinski definition) is 1. The van der Waals surface area contributed by atoms with Crippen molar-refractivity contribution in [3.63, 3.8) is 0 Å². The number of para-hydroxylation sites is 2. The zero-order chi connectivity index (χ0) is 18.7. The van der Waals surface area contributed by atoms with Crippen LogP contribution in [0, 0.1) is 24.0 Å². The van der Waals surface area contributed by atoms with Crippen molar-refractivity contribution >= 4 is 23.0 Å². The molecule has 2 aromatic rings. The molecular formula is C17H21N5O4. The van der Waals surface area contributed by atoms with Gasteiger partial charge in [-0.1, -0.05) is 12.1 Å². The highest BCUT2D eigenvalue weighted by Gasteiger charge is 2.23. The summed E-state index contributed by atoms with van der Waals surface area (Å²) in [5.74, 6) is -0.286. The van der Waals surface area contributed by atoms with Crippen molar-refractivity contribution in [2.45, 2.75) is 20.4 Å². The van der Waals surface area contributed by atoms with Crippen LogP contribution < -0.4 is 10.2 Å². The van der Waals surface area contributed by atoms with Gasteiger partial charge in [0.15, 0.2) is 0 Å². The number of carbonyl (C=O) groups is 1. The van der Waals surface area contributed by atoms with E-state index in [0.29, 0.717) is 30.3 Å². The Bertz CT molecular complexity index is 827. The molecule has 1 saturated heterocycles. The number of aromatic nitrogens is 2. The number of anilines is 2. The standard InChI is InChI=1S/C17H21N5O4/c1-12-17(22(24)25)13(2)21(19-12)11-16(23)18-14-5-3-4-6-15(14)20-7-9-26-10-8-20/h3-6H,7-11H2,1-2H3,(H,18,23). The number of ether oxygens (including phenoxy) is 1. The van der Waals surface area contributed by atoms with Crippen LogP contribution in [0.4, 0.5) is 17.1 Å². The zero-order valence-corrected chi connectivity index (χ0v) is 14.8. The number of carbonyl (C=O) groups excluding carboxylic acids is 1. The average molecular weight is 359 g/mol. The van der Waals surface area contributed by atoms with E-state index in [-0.39, 0.29) is 18.1 Å². The van der Waals surface area contributed by atoms with Crippen LogP contribution in [-0.2, 0) is 16.1 Å². The molecular weight excluding hydrogens is 338 g/mol. The Morgan fingerprint density at radius 3 is 2.65 bits per heavy atom. The first-order valence-electron chi connectivity index (χ1n) is 8.37. The Hall–Kier alpha value is -2.94. The third-order valence-electron chi connectivity index (χ3n) is 4.35. The summed E-state index contributed by atoms with van der Waals surface area (Å²) in [6.07, 6.45) is 0. The highest BCUT2D eigenvalue weighted by Crippen LogP contribution is 2.27. The molecule has 0 spiro atoms. The lowest BCUT2D eigenvalue weighted by atomic mass is 10.2. The first-order valence-corrected chi connectivity index (χ1v) is 8.37. The summed E-state index contributed by atoms with van der Waals surface area (Å²) in [6.45, 7) is 5.89. The number of nitrogens with one attached hydrogen (secondary N) is 1. The molecule has 0 saturated carbocycles. The predicted molar refractivity (Wildman–Crippen MR) is 96.5 cm³/mol. The molecule has 1 aliphatic heterocycles. The second-order valence-corrected chi connectivity index (χ2v) is 6.10. The summed E-state index contributed by atoms with van der Waals surface area (Å²) in [5.41, 5.74) is 2.25. The molecule has 0 atom stereocenters. The summed E-state index contributed by atoms with van der Waals surface area (Å²) >= 11 is 0. The molecule has 9 nitrogen and oxygen atoms in total. The smallest absolute Gasteiger partial charge is 0.312 e. The van der Waals surface area contributed by atoms with Crippen LogP contribution in [0.1, 0.15) is 11.4 Å². The molecule has 1 fully saturated rings. The van der Waals surface area contributed by atoms with E-state index < -0.39 is 4.92 Å². The lowest BCUT2D eigenvalue weighted by Crippen LogP contribution is -2.36. The Morgan fingerprint density at radius 2 is 2.00 bits per heavy atom. The lowest BCUT2D eigenvalue weighted by molar-refractivity contribution is -0.386. The number of nitro groups is 1. The Labute approximate surface area is 150 Å². The summed E-state index contributed by atoms with van der Waals surface area (Å²) < 4.78 is 6.73. The molecule has 26 heavy (non-hydrogen) atoms. The van der Waals surface area contributed by atoms with Gasteiger partial charge in [0.1, 0.15) is 17.9 Å². The molecule has 138 valence electrons. The number of aryl methyl sites for hydroxylation is 1. The third kappa shape index (κ3) is 3.67. The van der Waals surface area contributed by atoms with Gasteiger partial charge in [0.05, 0.1) is 29.5 Å². The highest BCUT2D eigenvalue weighted by molar-refractivity contribution is 5.94. The maximum atomic E-state index is 12.5. The molecule has 9 heteroatoms. The van der Waals surface area contributed by atoms with Gasteiger partial charge in [0.25, 0.3) is 0 Å². The predicted octanol–water partition coefficient (Wildman–Crippen LogP) is 1.88. The van der Waals surface area contributed by atoms with Crippen LogP contribution >= 0.6 is 0 Å². The second kappa shape index (κ2) is 7.52. The fourth-order valence-corrected chi connectivity index (χ4v) is 3.09. The van der Waals surface area contributed by atoms with Gasteiger partial charge in [-0.15, -0.1) is 0 Å². The molecule has 2 heterocycles. The maximum absolute atomic E-state index is 12.5. The van der Waals surface area contributed by atoms with Gasteiger partial charge < -0.3 is 15.0 Å².